The fourth-order valence-corrected chi connectivity index (χ4v) is 1.88. The second-order valence-electron chi connectivity index (χ2n) is 4.68. The smallest absolute Gasteiger partial charge is 0.228 e. The van der Waals surface area contributed by atoms with Crippen molar-refractivity contribution in [3.63, 3.8) is 0 Å². The van der Waals surface area contributed by atoms with E-state index in [4.69, 9.17) is 10.5 Å². The number of nitrogens with zero attached hydrogens (tertiary/aromatic N) is 3. The van der Waals surface area contributed by atoms with Gasteiger partial charge in [0.25, 0.3) is 0 Å². The van der Waals surface area contributed by atoms with Crippen molar-refractivity contribution in [1.82, 2.24) is 9.97 Å². The van der Waals surface area contributed by atoms with Crippen molar-refractivity contribution in [3.05, 3.63) is 41.6 Å². The quantitative estimate of drug-likeness (QED) is 0.847. The van der Waals surface area contributed by atoms with Crippen LogP contribution in [0.25, 0.3) is 0 Å². The molecule has 2 aromatic rings. The maximum absolute atomic E-state index is 5.69. The molecule has 1 aromatic carbocycles. The number of nitrogens with two attached hydrogens (primary N) is 1. The molecule has 0 saturated heterocycles. The molecule has 0 fully saturated rings. The molecule has 1 aromatic heterocycles. The largest absolute Gasteiger partial charge is 0.478 e. The summed E-state index contributed by atoms with van der Waals surface area (Å²) in [6.07, 6.45) is 0. The zero-order valence-electron chi connectivity index (χ0n) is 12.1. The van der Waals surface area contributed by atoms with Gasteiger partial charge in [-0.15, -0.1) is 0 Å². The summed E-state index contributed by atoms with van der Waals surface area (Å²) in [4.78, 5) is 10.8. The molecule has 0 spiro atoms. The van der Waals surface area contributed by atoms with Crippen LogP contribution >= 0.6 is 0 Å². The molecule has 0 radical (unpaired) electrons. The molecule has 5 heteroatoms. The number of benzene rings is 1. The fraction of sp³-hybridized carbons (Fsp3) is 0.333. The van der Waals surface area contributed by atoms with Crippen molar-refractivity contribution in [2.75, 3.05) is 24.3 Å². The van der Waals surface area contributed by atoms with Crippen molar-refractivity contribution < 1.29 is 4.74 Å². The summed E-state index contributed by atoms with van der Waals surface area (Å²) in [6, 6.07) is 9.64. The summed E-state index contributed by atoms with van der Waals surface area (Å²) in [5.41, 5.74) is 8.50. The summed E-state index contributed by atoms with van der Waals surface area (Å²) < 4.78 is 5.45. The summed E-state index contributed by atoms with van der Waals surface area (Å²) in [5.74, 6) is 1.27. The number of hydrogen-bond donors (Lipinski definition) is 1. The van der Waals surface area contributed by atoms with Crippen LogP contribution in [0.15, 0.2) is 30.3 Å². The van der Waals surface area contributed by atoms with E-state index < -0.39 is 0 Å². The predicted molar refractivity (Wildman–Crippen MR) is 80.9 cm³/mol. The average molecular weight is 272 g/mol. The minimum absolute atomic E-state index is 0.595. The minimum atomic E-state index is 0.595. The van der Waals surface area contributed by atoms with Gasteiger partial charge < -0.3 is 15.4 Å². The van der Waals surface area contributed by atoms with E-state index in [9.17, 15) is 0 Å². The molecule has 0 saturated carbocycles. The zero-order chi connectivity index (χ0) is 14.5. The molecule has 106 valence electrons. The zero-order valence-corrected chi connectivity index (χ0v) is 12.1. The van der Waals surface area contributed by atoms with Crippen molar-refractivity contribution in [2.45, 2.75) is 20.4 Å². The number of ether oxygens (including phenoxy) is 1. The minimum Gasteiger partial charge on any atom is -0.478 e. The Bertz CT molecular complexity index is 569. The number of aryl methyl sites for hydroxylation is 1. The molecule has 0 amide bonds. The van der Waals surface area contributed by atoms with Crippen LogP contribution in [0.5, 0.6) is 5.88 Å². The highest BCUT2D eigenvalue weighted by Crippen LogP contribution is 2.17. The number of rotatable bonds is 5. The Morgan fingerprint density at radius 3 is 2.55 bits per heavy atom. The van der Waals surface area contributed by atoms with Crippen molar-refractivity contribution in [2.24, 2.45) is 0 Å². The van der Waals surface area contributed by atoms with Gasteiger partial charge in [-0.1, -0.05) is 12.1 Å². The van der Waals surface area contributed by atoms with E-state index >= 15 is 0 Å². The third-order valence-corrected chi connectivity index (χ3v) is 2.85. The Hall–Kier alpha value is -2.30. The maximum Gasteiger partial charge on any atom is 0.228 e. The van der Waals surface area contributed by atoms with Crippen LogP contribution in [0.1, 0.15) is 18.2 Å². The summed E-state index contributed by atoms with van der Waals surface area (Å²) in [5, 5.41) is 0. The lowest BCUT2D eigenvalue weighted by Crippen LogP contribution is -2.19. The van der Waals surface area contributed by atoms with Crippen molar-refractivity contribution >= 4 is 11.6 Å². The van der Waals surface area contributed by atoms with Gasteiger partial charge in [0.05, 0.1) is 6.61 Å². The number of anilines is 2. The van der Waals surface area contributed by atoms with Gasteiger partial charge in [0.15, 0.2) is 0 Å². The molecule has 5 nitrogen and oxygen atoms in total. The van der Waals surface area contributed by atoms with Crippen LogP contribution in [0.4, 0.5) is 11.6 Å². The number of hydrogen-bond acceptors (Lipinski definition) is 5. The molecule has 2 N–H and O–H groups in total. The summed E-state index contributed by atoms with van der Waals surface area (Å²) >= 11 is 0. The monoisotopic (exact) mass is 272 g/mol. The van der Waals surface area contributed by atoms with E-state index in [1.807, 2.05) is 56.1 Å². The Morgan fingerprint density at radius 1 is 1.20 bits per heavy atom. The second kappa shape index (κ2) is 6.23. The van der Waals surface area contributed by atoms with Crippen LogP contribution in [0, 0.1) is 6.92 Å². The van der Waals surface area contributed by atoms with E-state index in [1.165, 1.54) is 0 Å². The van der Waals surface area contributed by atoms with Crippen LogP contribution in [-0.4, -0.2) is 23.6 Å². The van der Waals surface area contributed by atoms with Gasteiger partial charge in [0, 0.05) is 31.0 Å². The highest BCUT2D eigenvalue weighted by Gasteiger charge is 2.08. The third kappa shape index (κ3) is 3.60. The molecule has 0 aliphatic carbocycles. The fourth-order valence-electron chi connectivity index (χ4n) is 1.88. The number of aromatic nitrogens is 2. The molecule has 0 aliphatic rings. The second-order valence-corrected chi connectivity index (χ2v) is 4.68. The molecule has 1 heterocycles. The third-order valence-electron chi connectivity index (χ3n) is 2.85. The highest BCUT2D eigenvalue weighted by molar-refractivity contribution is 5.41. The average Bonchev–Trinajstić information content (AvgIpc) is 2.41. The molecule has 0 unspecified atom stereocenters. The van der Waals surface area contributed by atoms with Gasteiger partial charge in [-0.3, -0.25) is 0 Å². The van der Waals surface area contributed by atoms with Gasteiger partial charge in [-0.25, -0.2) is 4.98 Å². The normalized spacial score (nSPS) is 10.3. The molecular weight excluding hydrogens is 252 g/mol. The standard InChI is InChI=1S/C15H20N4O/c1-4-20-14-9-11(2)17-15(18-14)19(3)10-12-5-7-13(16)8-6-12/h5-9H,4,10,16H2,1-3H3. The SMILES string of the molecule is CCOc1cc(C)nc(N(C)Cc2ccc(N)cc2)n1. The van der Waals surface area contributed by atoms with E-state index in [1.54, 1.807) is 0 Å². The first-order valence-corrected chi connectivity index (χ1v) is 6.62. The molecular formula is C15H20N4O. The first-order chi connectivity index (χ1) is 9.58. The Labute approximate surface area is 119 Å². The summed E-state index contributed by atoms with van der Waals surface area (Å²) in [7, 11) is 1.96. The van der Waals surface area contributed by atoms with E-state index in [0.29, 0.717) is 18.4 Å². The predicted octanol–water partition coefficient (Wildman–Crippen LogP) is 2.40. The highest BCUT2D eigenvalue weighted by atomic mass is 16.5. The lowest BCUT2D eigenvalue weighted by atomic mass is 10.2. The maximum atomic E-state index is 5.69. The van der Waals surface area contributed by atoms with Crippen LogP contribution < -0.4 is 15.4 Å². The van der Waals surface area contributed by atoms with E-state index in [-0.39, 0.29) is 0 Å². The van der Waals surface area contributed by atoms with Gasteiger partial charge in [-0.2, -0.15) is 4.98 Å². The Kier molecular flexibility index (Phi) is 4.40. The van der Waals surface area contributed by atoms with Gasteiger partial charge in [0.2, 0.25) is 11.8 Å². The first-order valence-electron chi connectivity index (χ1n) is 6.62. The molecule has 0 atom stereocenters. The molecule has 0 aliphatic heterocycles. The molecule has 20 heavy (non-hydrogen) atoms. The molecule has 0 bridgehead atoms. The van der Waals surface area contributed by atoms with Gasteiger partial charge in [-0.05, 0) is 31.5 Å². The van der Waals surface area contributed by atoms with E-state index in [2.05, 4.69) is 9.97 Å². The van der Waals surface area contributed by atoms with Gasteiger partial charge >= 0.3 is 0 Å². The van der Waals surface area contributed by atoms with Crippen molar-refractivity contribution in [3.8, 4) is 5.88 Å². The lowest BCUT2D eigenvalue weighted by Gasteiger charge is -2.18. The summed E-state index contributed by atoms with van der Waals surface area (Å²) in [6.45, 7) is 5.19. The van der Waals surface area contributed by atoms with Crippen LogP contribution in [0.2, 0.25) is 0 Å². The lowest BCUT2D eigenvalue weighted by molar-refractivity contribution is 0.326. The number of nitrogen functional groups attached to an aromatic ring is 1. The topological polar surface area (TPSA) is 64.3 Å². The van der Waals surface area contributed by atoms with Crippen LogP contribution in [0.3, 0.4) is 0 Å². The van der Waals surface area contributed by atoms with E-state index in [0.717, 1.165) is 23.5 Å². The molecule has 2 rings (SSSR count). The Morgan fingerprint density at radius 2 is 1.90 bits per heavy atom. The van der Waals surface area contributed by atoms with Crippen LogP contribution in [-0.2, 0) is 6.54 Å². The van der Waals surface area contributed by atoms with Crippen molar-refractivity contribution in [1.29, 1.82) is 0 Å². The first kappa shape index (κ1) is 14.1. The Balaban J connectivity index is 2.15. The van der Waals surface area contributed by atoms with Gasteiger partial charge in [0.1, 0.15) is 0 Å².